The summed E-state index contributed by atoms with van der Waals surface area (Å²) in [6.45, 7) is 2.16. The number of benzene rings is 2. The molecule has 47 heavy (non-hydrogen) atoms. The van der Waals surface area contributed by atoms with Crippen molar-refractivity contribution in [2.24, 2.45) is 0 Å². The van der Waals surface area contributed by atoms with Crippen LogP contribution in [0.4, 0.5) is 23.4 Å². The van der Waals surface area contributed by atoms with Gasteiger partial charge in [-0.05, 0) is 61.9 Å². The minimum Gasteiger partial charge on any atom is -0.508 e. The largest absolute Gasteiger partial charge is 0.508 e. The van der Waals surface area contributed by atoms with Crippen molar-refractivity contribution >= 4 is 27.5 Å². The van der Waals surface area contributed by atoms with E-state index in [1.165, 1.54) is 36.5 Å². The number of anilines is 1. The zero-order valence-electron chi connectivity index (χ0n) is 25.4. The first kappa shape index (κ1) is 29.9. The second-order valence-electron chi connectivity index (χ2n) is 13.2. The lowest BCUT2D eigenvalue weighted by Gasteiger charge is -2.40. The van der Waals surface area contributed by atoms with E-state index in [2.05, 4.69) is 26.1 Å². The van der Waals surface area contributed by atoms with E-state index in [0.29, 0.717) is 49.0 Å². The number of piperazine rings is 1. The maximum Gasteiger partial charge on any atom is 0.319 e. The number of hydrogen-bond donors (Lipinski definition) is 2. The Kier molecular flexibility index (Phi) is 7.04. The van der Waals surface area contributed by atoms with E-state index < -0.39 is 28.9 Å². The Hall–Kier alpha value is -4.47. The van der Waals surface area contributed by atoms with Crippen molar-refractivity contribution in [1.82, 2.24) is 25.2 Å². The van der Waals surface area contributed by atoms with Crippen LogP contribution in [0.15, 0.2) is 42.9 Å². The van der Waals surface area contributed by atoms with Crippen LogP contribution in [0, 0.1) is 24.0 Å². The average molecular weight is 645 g/mol. The SMILES string of the molecule is C#Cc1c(F)ccc2cc(O)cc(-c3ncc4c(N5C[C@H]6CC[C@@](/C=C/F)(C5)N6)nc(OC[C@@]56CCCN5C[C@H](F)C6)nc4c3F)c12. The Labute approximate surface area is 268 Å². The Bertz CT molecular complexity index is 2000. The maximum absolute atomic E-state index is 16.9. The maximum atomic E-state index is 16.9. The molecule has 4 aliphatic heterocycles. The molecule has 0 aliphatic carbocycles. The van der Waals surface area contributed by atoms with E-state index in [1.54, 1.807) is 0 Å². The summed E-state index contributed by atoms with van der Waals surface area (Å²) < 4.78 is 65.9. The zero-order chi connectivity index (χ0) is 32.5. The molecule has 8 rings (SSSR count). The monoisotopic (exact) mass is 644 g/mol. The molecule has 2 aromatic heterocycles. The fourth-order valence-corrected chi connectivity index (χ4v) is 8.30. The van der Waals surface area contributed by atoms with Crippen molar-refractivity contribution < 1.29 is 27.4 Å². The van der Waals surface area contributed by atoms with Crippen molar-refractivity contribution in [3.05, 3.63) is 60.1 Å². The van der Waals surface area contributed by atoms with Crippen molar-refractivity contribution in [3.8, 4) is 35.4 Å². The summed E-state index contributed by atoms with van der Waals surface area (Å²) in [6, 6.07) is 5.33. The van der Waals surface area contributed by atoms with Crippen LogP contribution >= 0.6 is 0 Å². The van der Waals surface area contributed by atoms with Gasteiger partial charge in [-0.1, -0.05) is 12.0 Å². The zero-order valence-corrected chi connectivity index (χ0v) is 25.4. The van der Waals surface area contributed by atoms with Gasteiger partial charge in [0.05, 0.1) is 28.4 Å². The Morgan fingerprint density at radius 3 is 2.89 bits per heavy atom. The lowest BCUT2D eigenvalue weighted by Crippen LogP contribution is -2.59. The summed E-state index contributed by atoms with van der Waals surface area (Å²) in [5.41, 5.74) is -1.38. The van der Waals surface area contributed by atoms with Crippen molar-refractivity contribution in [2.75, 3.05) is 37.7 Å². The predicted octanol–water partition coefficient (Wildman–Crippen LogP) is 5.56. The highest BCUT2D eigenvalue weighted by molar-refractivity contribution is 6.03. The van der Waals surface area contributed by atoms with Gasteiger partial charge in [0.15, 0.2) is 5.82 Å². The molecule has 2 aromatic carbocycles. The Balaban J connectivity index is 1.28. The van der Waals surface area contributed by atoms with Crippen molar-refractivity contribution in [2.45, 2.75) is 55.4 Å². The number of nitrogens with one attached hydrogen (secondary N) is 1. The highest BCUT2D eigenvalue weighted by Crippen LogP contribution is 2.42. The molecule has 4 saturated heterocycles. The average Bonchev–Trinajstić information content (AvgIpc) is 3.68. The number of pyridine rings is 1. The summed E-state index contributed by atoms with van der Waals surface area (Å²) in [4.78, 5) is 17.8. The number of hydrogen-bond acceptors (Lipinski definition) is 8. The fraction of sp³-hybridized carbons (Fsp3) is 0.400. The van der Waals surface area contributed by atoms with Gasteiger partial charge >= 0.3 is 6.01 Å². The molecule has 2 N–H and O–H groups in total. The molecule has 0 amide bonds. The van der Waals surface area contributed by atoms with Crippen LogP contribution in [0.3, 0.4) is 0 Å². The number of phenolic OH excluding ortho intramolecular Hbond substituents is 1. The first-order valence-electron chi connectivity index (χ1n) is 15.8. The summed E-state index contributed by atoms with van der Waals surface area (Å²) in [5.74, 6) is 1.04. The number of fused-ring (bicyclic) bond motifs is 5. The molecule has 0 saturated carbocycles. The van der Waals surface area contributed by atoms with Crippen LogP contribution in [0.25, 0.3) is 32.9 Å². The van der Waals surface area contributed by atoms with Crippen LogP contribution in [-0.4, -0.2) is 81.0 Å². The molecule has 4 fully saturated rings. The smallest absolute Gasteiger partial charge is 0.319 e. The summed E-state index contributed by atoms with van der Waals surface area (Å²) in [7, 11) is 0. The van der Waals surface area contributed by atoms with E-state index in [0.717, 1.165) is 32.2 Å². The summed E-state index contributed by atoms with van der Waals surface area (Å²) >= 11 is 0. The topological polar surface area (TPSA) is 86.6 Å². The standard InChI is InChI=1S/C35H32F4N6O2/c1-2-24-27(38)5-4-20-12-23(46)13-25(28(20)24)30-29(39)31-26(15-40-30)32(44-17-22-6-8-34(18-44,43-22)9-10-36)42-33(41-31)47-19-35-7-3-11-45(35)16-21(37)14-35/h1,4-5,9-10,12-13,15,21-22,43,46H,3,6-8,11,14,16-19H2/b10-9+/t21-,22-,34-,35+/m1/s1. The lowest BCUT2D eigenvalue weighted by atomic mass is 9.95. The number of terminal acetylenes is 1. The molecular weight excluding hydrogens is 612 g/mol. The van der Waals surface area contributed by atoms with Gasteiger partial charge in [-0.15, -0.1) is 6.42 Å². The number of aromatic nitrogens is 3. The Morgan fingerprint density at radius 1 is 1.19 bits per heavy atom. The number of rotatable bonds is 6. The highest BCUT2D eigenvalue weighted by Gasteiger charge is 2.49. The second kappa shape index (κ2) is 11.1. The van der Waals surface area contributed by atoms with Crippen LogP contribution in [0.5, 0.6) is 11.8 Å². The molecule has 2 bridgehead atoms. The minimum absolute atomic E-state index is 0.0491. The fourth-order valence-electron chi connectivity index (χ4n) is 8.30. The van der Waals surface area contributed by atoms with E-state index in [1.807, 2.05) is 4.90 Å². The number of phenols is 1. The first-order valence-corrected chi connectivity index (χ1v) is 15.8. The van der Waals surface area contributed by atoms with Crippen LogP contribution in [-0.2, 0) is 0 Å². The second-order valence-corrected chi connectivity index (χ2v) is 13.2. The molecule has 6 heterocycles. The molecule has 0 spiro atoms. The van der Waals surface area contributed by atoms with Crippen LogP contribution in [0.1, 0.15) is 37.7 Å². The summed E-state index contributed by atoms with van der Waals surface area (Å²) in [5, 5.41) is 15.0. The van der Waals surface area contributed by atoms with Crippen LogP contribution < -0.4 is 15.0 Å². The van der Waals surface area contributed by atoms with E-state index in [-0.39, 0.29) is 52.1 Å². The quantitative estimate of drug-likeness (QED) is 0.209. The van der Waals surface area contributed by atoms with Crippen molar-refractivity contribution in [3.63, 3.8) is 0 Å². The predicted molar refractivity (Wildman–Crippen MR) is 170 cm³/mol. The Morgan fingerprint density at radius 2 is 2.06 bits per heavy atom. The third kappa shape index (κ3) is 4.86. The molecule has 4 atom stereocenters. The van der Waals surface area contributed by atoms with Gasteiger partial charge in [-0.3, -0.25) is 9.88 Å². The number of nitrogens with zero attached hydrogens (tertiary/aromatic N) is 5. The first-order chi connectivity index (χ1) is 22.7. The van der Waals surface area contributed by atoms with E-state index >= 15 is 4.39 Å². The van der Waals surface area contributed by atoms with Gasteiger partial charge in [0.25, 0.3) is 0 Å². The number of ether oxygens (including phenoxy) is 1. The summed E-state index contributed by atoms with van der Waals surface area (Å²) in [6.07, 6.45) is 11.8. The molecule has 4 aromatic rings. The number of aromatic hydroxyl groups is 1. The molecule has 0 unspecified atom stereocenters. The minimum atomic E-state index is -0.955. The number of halogens is 4. The molecule has 242 valence electrons. The normalized spacial score (nSPS) is 27.3. The van der Waals surface area contributed by atoms with Gasteiger partial charge < -0.3 is 20.1 Å². The highest BCUT2D eigenvalue weighted by atomic mass is 19.1. The van der Waals surface area contributed by atoms with Gasteiger partial charge in [0.2, 0.25) is 0 Å². The van der Waals surface area contributed by atoms with Gasteiger partial charge in [0, 0.05) is 49.2 Å². The molecule has 0 radical (unpaired) electrons. The third-order valence-electron chi connectivity index (χ3n) is 10.4. The third-order valence-corrected chi connectivity index (χ3v) is 10.4. The van der Waals surface area contributed by atoms with Gasteiger partial charge in [0.1, 0.15) is 41.4 Å². The van der Waals surface area contributed by atoms with E-state index in [4.69, 9.17) is 16.1 Å². The van der Waals surface area contributed by atoms with Gasteiger partial charge in [-0.25, -0.2) is 17.6 Å². The molecular formula is C35H32F4N6O2. The van der Waals surface area contributed by atoms with Crippen LogP contribution in [0.2, 0.25) is 0 Å². The van der Waals surface area contributed by atoms with Crippen molar-refractivity contribution in [1.29, 1.82) is 0 Å². The lowest BCUT2D eigenvalue weighted by molar-refractivity contribution is 0.107. The molecule has 12 heteroatoms. The number of alkyl halides is 1. The molecule has 8 nitrogen and oxygen atoms in total. The van der Waals surface area contributed by atoms with E-state index in [9.17, 15) is 18.3 Å². The molecule has 4 aliphatic rings. The van der Waals surface area contributed by atoms with Gasteiger partial charge in [-0.2, -0.15) is 9.97 Å².